The zero-order valence-corrected chi connectivity index (χ0v) is 10.00. The Morgan fingerprint density at radius 3 is 2.62 bits per heavy atom. The number of carbonyl (C=O) groups excluding carboxylic acids is 1. The molecule has 0 bridgehead atoms. The van der Waals surface area contributed by atoms with Gasteiger partial charge in [-0.05, 0) is 18.4 Å². The van der Waals surface area contributed by atoms with Crippen molar-refractivity contribution in [2.24, 2.45) is 0 Å². The first-order valence-electron chi connectivity index (χ1n) is 5.20. The van der Waals surface area contributed by atoms with Crippen molar-refractivity contribution in [1.82, 2.24) is 5.32 Å². The molecule has 1 aromatic carbocycles. The monoisotopic (exact) mass is 241 g/mol. The molecule has 0 aliphatic carbocycles. The van der Waals surface area contributed by atoms with Gasteiger partial charge in [-0.25, -0.2) is 0 Å². The van der Waals surface area contributed by atoms with Crippen LogP contribution in [-0.4, -0.2) is 19.1 Å². The molecule has 3 nitrogen and oxygen atoms in total. The van der Waals surface area contributed by atoms with Crippen molar-refractivity contribution >= 4 is 18.4 Å². The Kier molecular flexibility index (Phi) is 4.77. The highest BCUT2D eigenvalue weighted by Gasteiger charge is 2.30. The molecule has 1 N–H and O–H groups in total. The average Bonchev–Trinajstić information content (AvgIpc) is 2.78. The second-order valence-corrected chi connectivity index (χ2v) is 3.78. The zero-order chi connectivity index (χ0) is 10.7. The van der Waals surface area contributed by atoms with E-state index < -0.39 is 0 Å². The third-order valence-electron chi connectivity index (χ3n) is 2.83. The van der Waals surface area contributed by atoms with Gasteiger partial charge in [0.2, 0.25) is 0 Å². The molecule has 16 heavy (non-hydrogen) atoms. The zero-order valence-electron chi connectivity index (χ0n) is 9.18. The van der Waals surface area contributed by atoms with E-state index in [9.17, 15) is 4.79 Å². The lowest BCUT2D eigenvalue weighted by Gasteiger charge is -2.12. The lowest BCUT2D eigenvalue weighted by atomic mass is 10.1. The number of esters is 1. The summed E-state index contributed by atoms with van der Waals surface area (Å²) in [4.78, 5) is 11.3. The number of rotatable bonds is 2. The molecule has 2 unspecified atom stereocenters. The van der Waals surface area contributed by atoms with Crippen LogP contribution >= 0.6 is 12.4 Å². The Balaban J connectivity index is 0.00000128. The van der Waals surface area contributed by atoms with Crippen LogP contribution in [0.15, 0.2) is 30.3 Å². The summed E-state index contributed by atoms with van der Waals surface area (Å²) in [6, 6.07) is 10.3. The summed E-state index contributed by atoms with van der Waals surface area (Å²) in [7, 11) is 1.43. The molecule has 0 spiro atoms. The maximum absolute atomic E-state index is 11.3. The number of nitrogens with one attached hydrogen (secondary N) is 1. The molecule has 2 rings (SSSR count). The van der Waals surface area contributed by atoms with E-state index in [2.05, 4.69) is 17.4 Å². The number of ether oxygens (including phenoxy) is 1. The Labute approximate surface area is 102 Å². The summed E-state index contributed by atoms with van der Waals surface area (Å²) < 4.78 is 4.72. The highest BCUT2D eigenvalue weighted by atomic mass is 35.5. The standard InChI is InChI=1S/C12H15NO2.ClH/c1-15-12(14)11-8-7-10(13-11)9-5-3-2-4-6-9;/h2-6,10-11,13H,7-8H2,1H3;1H. The van der Waals surface area contributed by atoms with Crippen molar-refractivity contribution in [1.29, 1.82) is 0 Å². The van der Waals surface area contributed by atoms with Crippen LogP contribution in [0.2, 0.25) is 0 Å². The topological polar surface area (TPSA) is 38.3 Å². The summed E-state index contributed by atoms with van der Waals surface area (Å²) in [5.41, 5.74) is 1.24. The predicted molar refractivity (Wildman–Crippen MR) is 64.6 cm³/mol. The molecule has 0 amide bonds. The van der Waals surface area contributed by atoms with Crippen LogP contribution in [0.25, 0.3) is 0 Å². The quantitative estimate of drug-likeness (QED) is 0.806. The Morgan fingerprint density at radius 2 is 2.00 bits per heavy atom. The van der Waals surface area contributed by atoms with Crippen LogP contribution in [0.4, 0.5) is 0 Å². The molecular weight excluding hydrogens is 226 g/mol. The fourth-order valence-electron chi connectivity index (χ4n) is 2.02. The lowest BCUT2D eigenvalue weighted by molar-refractivity contribution is -0.142. The van der Waals surface area contributed by atoms with Crippen LogP contribution in [-0.2, 0) is 9.53 Å². The van der Waals surface area contributed by atoms with E-state index in [1.807, 2.05) is 18.2 Å². The minimum absolute atomic E-state index is 0. The Hall–Kier alpha value is -1.06. The molecule has 1 saturated heterocycles. The summed E-state index contributed by atoms with van der Waals surface area (Å²) in [5, 5.41) is 3.28. The molecule has 2 atom stereocenters. The minimum Gasteiger partial charge on any atom is -0.468 e. The van der Waals surface area contributed by atoms with Gasteiger partial charge in [-0.3, -0.25) is 10.1 Å². The van der Waals surface area contributed by atoms with Crippen molar-refractivity contribution in [2.75, 3.05) is 7.11 Å². The Bertz CT molecular complexity index is 342. The molecule has 1 aromatic rings. The van der Waals surface area contributed by atoms with Crippen LogP contribution in [0, 0.1) is 0 Å². The minimum atomic E-state index is -0.159. The normalized spacial score (nSPS) is 23.6. The van der Waals surface area contributed by atoms with Crippen molar-refractivity contribution in [3.8, 4) is 0 Å². The molecule has 1 fully saturated rings. The van der Waals surface area contributed by atoms with Gasteiger partial charge >= 0.3 is 5.97 Å². The SMILES string of the molecule is COC(=O)C1CCC(c2ccccc2)N1.Cl. The smallest absolute Gasteiger partial charge is 0.322 e. The number of hydrogen-bond donors (Lipinski definition) is 1. The van der Waals surface area contributed by atoms with Crippen molar-refractivity contribution in [3.05, 3.63) is 35.9 Å². The molecule has 1 aliphatic rings. The maximum atomic E-state index is 11.3. The van der Waals surface area contributed by atoms with Crippen LogP contribution in [0.3, 0.4) is 0 Å². The van der Waals surface area contributed by atoms with Gasteiger partial charge in [0, 0.05) is 6.04 Å². The Morgan fingerprint density at radius 1 is 1.31 bits per heavy atom. The van der Waals surface area contributed by atoms with E-state index in [1.165, 1.54) is 12.7 Å². The van der Waals surface area contributed by atoms with E-state index in [4.69, 9.17) is 4.74 Å². The first kappa shape index (κ1) is 13.0. The number of benzene rings is 1. The molecule has 88 valence electrons. The summed E-state index contributed by atoms with van der Waals surface area (Å²) in [5.74, 6) is -0.159. The van der Waals surface area contributed by atoms with E-state index in [-0.39, 0.29) is 30.5 Å². The summed E-state index contributed by atoms with van der Waals surface area (Å²) in [6.07, 6.45) is 1.84. The largest absolute Gasteiger partial charge is 0.468 e. The average molecular weight is 242 g/mol. The van der Waals surface area contributed by atoms with Crippen LogP contribution in [0.5, 0.6) is 0 Å². The highest BCUT2D eigenvalue weighted by molar-refractivity contribution is 5.85. The van der Waals surface area contributed by atoms with Gasteiger partial charge < -0.3 is 4.74 Å². The van der Waals surface area contributed by atoms with E-state index in [0.717, 1.165) is 12.8 Å². The second-order valence-electron chi connectivity index (χ2n) is 3.78. The van der Waals surface area contributed by atoms with E-state index >= 15 is 0 Å². The fourth-order valence-corrected chi connectivity index (χ4v) is 2.02. The molecule has 0 saturated carbocycles. The molecule has 0 aromatic heterocycles. The van der Waals surface area contributed by atoms with Gasteiger partial charge in [-0.15, -0.1) is 12.4 Å². The first-order chi connectivity index (χ1) is 7.31. The van der Waals surface area contributed by atoms with Crippen LogP contribution < -0.4 is 5.32 Å². The molecule has 1 aliphatic heterocycles. The molecule has 4 heteroatoms. The van der Waals surface area contributed by atoms with E-state index in [0.29, 0.717) is 0 Å². The van der Waals surface area contributed by atoms with E-state index in [1.54, 1.807) is 0 Å². The number of methoxy groups -OCH3 is 1. The van der Waals surface area contributed by atoms with Crippen molar-refractivity contribution in [2.45, 2.75) is 24.9 Å². The number of hydrogen-bond acceptors (Lipinski definition) is 3. The lowest BCUT2D eigenvalue weighted by Crippen LogP contribution is -2.33. The van der Waals surface area contributed by atoms with Crippen molar-refractivity contribution < 1.29 is 9.53 Å². The molecular formula is C12H16ClNO2. The van der Waals surface area contributed by atoms with Gasteiger partial charge in [-0.2, -0.15) is 0 Å². The van der Waals surface area contributed by atoms with Gasteiger partial charge in [-0.1, -0.05) is 30.3 Å². The van der Waals surface area contributed by atoms with Gasteiger partial charge in [0.1, 0.15) is 6.04 Å². The summed E-state index contributed by atoms with van der Waals surface area (Å²) in [6.45, 7) is 0. The predicted octanol–water partition coefficient (Wildman–Crippen LogP) is 2.07. The second kappa shape index (κ2) is 5.87. The number of carbonyl (C=O) groups is 1. The third kappa shape index (κ3) is 2.74. The number of halogens is 1. The van der Waals surface area contributed by atoms with Crippen molar-refractivity contribution in [3.63, 3.8) is 0 Å². The third-order valence-corrected chi connectivity index (χ3v) is 2.83. The molecule has 1 heterocycles. The van der Waals surface area contributed by atoms with Crippen LogP contribution in [0.1, 0.15) is 24.4 Å². The molecule has 0 radical (unpaired) electrons. The maximum Gasteiger partial charge on any atom is 0.322 e. The van der Waals surface area contributed by atoms with Gasteiger partial charge in [0.05, 0.1) is 7.11 Å². The van der Waals surface area contributed by atoms with Gasteiger partial charge in [0.25, 0.3) is 0 Å². The summed E-state index contributed by atoms with van der Waals surface area (Å²) >= 11 is 0. The fraction of sp³-hybridized carbons (Fsp3) is 0.417. The highest BCUT2D eigenvalue weighted by Crippen LogP contribution is 2.26. The van der Waals surface area contributed by atoms with Gasteiger partial charge in [0.15, 0.2) is 0 Å². The first-order valence-corrected chi connectivity index (χ1v) is 5.20.